The van der Waals surface area contributed by atoms with Crippen LogP contribution in [0, 0.1) is 11.6 Å². The van der Waals surface area contributed by atoms with Gasteiger partial charge in [0.1, 0.15) is 17.0 Å². The van der Waals surface area contributed by atoms with Crippen LogP contribution in [0.5, 0.6) is 0 Å². The van der Waals surface area contributed by atoms with Crippen molar-refractivity contribution < 1.29 is 17.6 Å². The van der Waals surface area contributed by atoms with Gasteiger partial charge in [-0.2, -0.15) is 0 Å². The van der Waals surface area contributed by atoms with Crippen LogP contribution in [0.2, 0.25) is 0 Å². The van der Waals surface area contributed by atoms with Gasteiger partial charge >= 0.3 is 0 Å². The van der Waals surface area contributed by atoms with Crippen LogP contribution >= 0.6 is 0 Å². The second-order valence-electron chi connectivity index (χ2n) is 3.71. The normalized spacial score (nSPS) is 11.2. The molecule has 0 saturated carbocycles. The molecule has 0 radical (unpaired) electrons. The van der Waals surface area contributed by atoms with Crippen molar-refractivity contribution in [2.75, 3.05) is 11.9 Å². The number of nitrogens with one attached hydrogen (secondary N) is 1. The van der Waals surface area contributed by atoms with E-state index in [2.05, 4.69) is 10.3 Å². The monoisotopic (exact) mass is 258 g/mol. The Morgan fingerprint density at radius 2 is 1.94 bits per heavy atom. The maximum atomic E-state index is 13.5. The summed E-state index contributed by atoms with van der Waals surface area (Å²) in [6.07, 6.45) is -2.81. The van der Waals surface area contributed by atoms with E-state index in [1.165, 1.54) is 0 Å². The largest absolute Gasteiger partial charge is 0.385 e. The van der Waals surface area contributed by atoms with Gasteiger partial charge in [0, 0.05) is 23.7 Å². The van der Waals surface area contributed by atoms with Gasteiger partial charge in [0.2, 0.25) is 0 Å². The van der Waals surface area contributed by atoms with E-state index in [1.807, 2.05) is 0 Å². The number of hydrogen-bond donors (Lipinski definition) is 1. The van der Waals surface area contributed by atoms with E-state index in [9.17, 15) is 17.6 Å². The van der Waals surface area contributed by atoms with Gasteiger partial charge in [0.25, 0.3) is 6.43 Å². The van der Waals surface area contributed by atoms with Gasteiger partial charge < -0.3 is 5.32 Å². The van der Waals surface area contributed by atoms with E-state index in [0.717, 1.165) is 12.1 Å². The van der Waals surface area contributed by atoms with Crippen molar-refractivity contribution in [3.05, 3.63) is 35.5 Å². The number of alkyl halides is 2. The van der Waals surface area contributed by atoms with Crippen LogP contribution in [0.4, 0.5) is 23.2 Å². The minimum absolute atomic E-state index is 0.152. The average molecular weight is 258 g/mol. The second kappa shape index (κ2) is 4.80. The summed E-state index contributed by atoms with van der Waals surface area (Å²) in [5.41, 5.74) is -0.551. The molecule has 1 aromatic heterocycles. The van der Waals surface area contributed by atoms with Gasteiger partial charge in [-0.1, -0.05) is 0 Å². The number of benzene rings is 1. The molecule has 0 fully saturated rings. The Morgan fingerprint density at radius 1 is 1.22 bits per heavy atom. The summed E-state index contributed by atoms with van der Waals surface area (Å²) in [5.74, 6) is -1.72. The number of hydrogen-bond acceptors (Lipinski definition) is 2. The van der Waals surface area contributed by atoms with Gasteiger partial charge in [-0.25, -0.2) is 22.5 Å². The summed E-state index contributed by atoms with van der Waals surface area (Å²) in [6, 6.07) is 2.80. The maximum absolute atomic E-state index is 13.5. The van der Waals surface area contributed by atoms with Crippen molar-refractivity contribution in [3.8, 4) is 0 Å². The minimum Gasteiger partial charge on any atom is -0.385 e. The topological polar surface area (TPSA) is 24.9 Å². The standard InChI is InChI=1S/C12H10F4N2/c1-2-17-9-5-10(12(15)16)18-11-7(9)3-6(13)4-8(11)14/h3-5,12H,2H2,1H3,(H,17,18). The molecule has 6 heteroatoms. The lowest BCUT2D eigenvalue weighted by atomic mass is 10.1. The lowest BCUT2D eigenvalue weighted by Gasteiger charge is -2.11. The van der Waals surface area contributed by atoms with Crippen LogP contribution in [-0.4, -0.2) is 11.5 Å². The Labute approximate surface area is 101 Å². The van der Waals surface area contributed by atoms with Crippen molar-refractivity contribution in [1.82, 2.24) is 4.98 Å². The molecule has 2 rings (SSSR count). The predicted octanol–water partition coefficient (Wildman–Crippen LogP) is 3.88. The number of halogens is 4. The molecule has 0 bridgehead atoms. The number of fused-ring (bicyclic) bond motifs is 1. The molecular formula is C12H10F4N2. The van der Waals surface area contributed by atoms with Crippen molar-refractivity contribution in [1.29, 1.82) is 0 Å². The fraction of sp³-hybridized carbons (Fsp3) is 0.250. The van der Waals surface area contributed by atoms with Gasteiger partial charge in [-0.05, 0) is 19.1 Å². The molecule has 2 nitrogen and oxygen atoms in total. The second-order valence-corrected chi connectivity index (χ2v) is 3.71. The Balaban J connectivity index is 2.76. The highest BCUT2D eigenvalue weighted by atomic mass is 19.3. The Kier molecular flexibility index (Phi) is 3.36. The first-order valence-electron chi connectivity index (χ1n) is 5.34. The molecule has 0 atom stereocenters. The molecule has 0 unspecified atom stereocenters. The number of aromatic nitrogens is 1. The molecule has 0 saturated heterocycles. The van der Waals surface area contributed by atoms with Gasteiger partial charge in [-0.15, -0.1) is 0 Å². The number of anilines is 1. The molecule has 1 heterocycles. The highest BCUT2D eigenvalue weighted by Crippen LogP contribution is 2.29. The highest BCUT2D eigenvalue weighted by molar-refractivity contribution is 5.92. The van der Waals surface area contributed by atoms with E-state index in [1.54, 1.807) is 6.92 Å². The Bertz CT molecular complexity index is 584. The van der Waals surface area contributed by atoms with E-state index in [-0.39, 0.29) is 16.6 Å². The van der Waals surface area contributed by atoms with Gasteiger partial charge in [-0.3, -0.25) is 0 Å². The molecule has 18 heavy (non-hydrogen) atoms. The molecule has 0 aliphatic rings. The van der Waals surface area contributed by atoms with Crippen LogP contribution in [0.15, 0.2) is 18.2 Å². The summed E-state index contributed by atoms with van der Waals surface area (Å²) in [6.45, 7) is 2.20. The molecule has 0 spiro atoms. The van der Waals surface area contributed by atoms with E-state index in [4.69, 9.17) is 0 Å². The first kappa shape index (κ1) is 12.6. The lowest BCUT2D eigenvalue weighted by molar-refractivity contribution is 0.146. The smallest absolute Gasteiger partial charge is 0.280 e. The molecule has 1 N–H and O–H groups in total. The zero-order valence-electron chi connectivity index (χ0n) is 9.48. The summed E-state index contributed by atoms with van der Waals surface area (Å²) < 4.78 is 51.9. The van der Waals surface area contributed by atoms with Crippen LogP contribution in [0.1, 0.15) is 19.0 Å². The quantitative estimate of drug-likeness (QED) is 0.845. The van der Waals surface area contributed by atoms with Gasteiger partial charge in [0.05, 0.1) is 0 Å². The average Bonchev–Trinajstić information content (AvgIpc) is 2.29. The molecule has 2 aromatic rings. The summed E-state index contributed by atoms with van der Waals surface area (Å²) in [7, 11) is 0. The Hall–Kier alpha value is -1.85. The fourth-order valence-electron chi connectivity index (χ4n) is 1.72. The number of pyridine rings is 1. The van der Waals surface area contributed by atoms with Crippen molar-refractivity contribution in [2.24, 2.45) is 0 Å². The molecule has 0 aliphatic carbocycles. The SMILES string of the molecule is CCNc1cc(C(F)F)nc2c(F)cc(F)cc12. The zero-order chi connectivity index (χ0) is 13.3. The molecule has 1 aromatic carbocycles. The third kappa shape index (κ3) is 2.23. The third-order valence-electron chi connectivity index (χ3n) is 2.44. The van der Waals surface area contributed by atoms with Crippen LogP contribution in [-0.2, 0) is 0 Å². The van der Waals surface area contributed by atoms with E-state index < -0.39 is 23.8 Å². The van der Waals surface area contributed by atoms with Crippen molar-refractivity contribution in [3.63, 3.8) is 0 Å². The van der Waals surface area contributed by atoms with Gasteiger partial charge in [0.15, 0.2) is 5.82 Å². The first-order chi connectivity index (χ1) is 8.52. The van der Waals surface area contributed by atoms with Crippen LogP contribution < -0.4 is 5.32 Å². The van der Waals surface area contributed by atoms with Crippen LogP contribution in [0.25, 0.3) is 10.9 Å². The molecule has 0 amide bonds. The summed E-state index contributed by atoms with van der Waals surface area (Å²) >= 11 is 0. The van der Waals surface area contributed by atoms with E-state index in [0.29, 0.717) is 12.6 Å². The summed E-state index contributed by atoms with van der Waals surface area (Å²) in [5, 5.41) is 2.95. The third-order valence-corrected chi connectivity index (χ3v) is 2.44. The van der Waals surface area contributed by atoms with Crippen molar-refractivity contribution >= 4 is 16.6 Å². The molecule has 0 aliphatic heterocycles. The zero-order valence-corrected chi connectivity index (χ0v) is 9.48. The predicted molar refractivity (Wildman–Crippen MR) is 60.8 cm³/mol. The molecular weight excluding hydrogens is 248 g/mol. The molecule has 96 valence electrons. The summed E-state index contributed by atoms with van der Waals surface area (Å²) in [4.78, 5) is 3.53. The van der Waals surface area contributed by atoms with Crippen LogP contribution in [0.3, 0.4) is 0 Å². The minimum atomic E-state index is -2.81. The lowest BCUT2D eigenvalue weighted by Crippen LogP contribution is -2.02. The van der Waals surface area contributed by atoms with E-state index >= 15 is 0 Å². The fourth-order valence-corrected chi connectivity index (χ4v) is 1.72. The maximum Gasteiger partial charge on any atom is 0.280 e. The van der Waals surface area contributed by atoms with Crippen molar-refractivity contribution in [2.45, 2.75) is 13.3 Å². The number of nitrogens with zero attached hydrogens (tertiary/aromatic N) is 1. The highest BCUT2D eigenvalue weighted by Gasteiger charge is 2.16. The number of rotatable bonds is 3. The Morgan fingerprint density at radius 3 is 2.56 bits per heavy atom. The first-order valence-corrected chi connectivity index (χ1v) is 5.34.